The molecule has 1 aliphatic carbocycles. The number of aromatic nitrogens is 3. The minimum Gasteiger partial charge on any atom is -0.444 e. The van der Waals surface area contributed by atoms with Crippen molar-refractivity contribution in [3.8, 4) is 11.4 Å². The quantitative estimate of drug-likeness (QED) is 0.238. The second-order valence-corrected chi connectivity index (χ2v) is 15.6. The van der Waals surface area contributed by atoms with Gasteiger partial charge in [0.25, 0.3) is 5.91 Å². The standard InChI is InChI=1S/C39H49FN6O5/c1-24-32-11-10-28(37(49)44-22-29(40)19-30(23-44)41-38(50)51-39(2,3)4)21-46(32)42-35(24)33-18-27-6-5-7-31(36(27)45(33)20-25-8-9-25)26-12-15-43(16-13-26)34(48)14-17-47/h5-7,10-11,18,21,25-26,29-30,47H,8-9,12-17,19-20,22-23H2,1-4H3,(H,41,50)/t29-,30-/m1/s1. The minimum atomic E-state index is -1.27. The maximum absolute atomic E-state index is 14.9. The molecule has 7 rings (SSSR count). The first-order valence-electron chi connectivity index (χ1n) is 18.3. The number of pyridine rings is 1. The third-order valence-corrected chi connectivity index (χ3v) is 10.5. The Morgan fingerprint density at radius 3 is 2.51 bits per heavy atom. The summed E-state index contributed by atoms with van der Waals surface area (Å²) in [4.78, 5) is 41.9. The van der Waals surface area contributed by atoms with Gasteiger partial charge in [-0.05, 0) is 89.0 Å². The molecule has 2 saturated heterocycles. The Morgan fingerprint density at radius 1 is 1.04 bits per heavy atom. The predicted molar refractivity (Wildman–Crippen MR) is 192 cm³/mol. The topological polar surface area (TPSA) is 121 Å². The Balaban J connectivity index is 1.17. The van der Waals surface area contributed by atoms with Crippen molar-refractivity contribution in [3.05, 3.63) is 59.3 Å². The number of rotatable bonds is 8. The highest BCUT2D eigenvalue weighted by Crippen LogP contribution is 2.41. The minimum absolute atomic E-state index is 0.0164. The van der Waals surface area contributed by atoms with Crippen LogP contribution in [0.1, 0.15) is 86.7 Å². The number of benzene rings is 1. The SMILES string of the molecule is Cc1c(-c2cc3cccc(C4CCN(C(=O)CCO)CC4)c3n2CC2CC2)nn2cc(C(=O)N3C[C@H](F)C[C@@H](NC(=O)OC(C)(C)C)C3)ccc12. The number of para-hydroxylation sites is 1. The van der Waals surface area contributed by atoms with Crippen LogP contribution in [0.25, 0.3) is 27.8 Å². The summed E-state index contributed by atoms with van der Waals surface area (Å²) in [5.74, 6) is 0.634. The maximum atomic E-state index is 14.9. The monoisotopic (exact) mass is 700 g/mol. The van der Waals surface area contributed by atoms with Crippen LogP contribution in [-0.2, 0) is 16.1 Å². The number of fused-ring (bicyclic) bond motifs is 2. The Morgan fingerprint density at radius 2 is 1.80 bits per heavy atom. The van der Waals surface area contributed by atoms with Crippen LogP contribution >= 0.6 is 0 Å². The van der Waals surface area contributed by atoms with Gasteiger partial charge in [0.2, 0.25) is 5.91 Å². The second kappa shape index (κ2) is 13.9. The summed E-state index contributed by atoms with van der Waals surface area (Å²) in [6.07, 6.45) is 4.26. The molecule has 0 bridgehead atoms. The number of piperidine rings is 2. The molecule has 1 saturated carbocycles. The van der Waals surface area contributed by atoms with Crippen molar-refractivity contribution in [2.45, 2.75) is 96.5 Å². The van der Waals surface area contributed by atoms with Crippen LogP contribution in [0.15, 0.2) is 42.6 Å². The number of alkyl halides is 1. The van der Waals surface area contributed by atoms with E-state index in [-0.39, 0.29) is 44.4 Å². The van der Waals surface area contributed by atoms with Crippen LogP contribution in [0.4, 0.5) is 9.18 Å². The number of aliphatic hydroxyl groups excluding tert-OH is 1. The number of hydrogen-bond acceptors (Lipinski definition) is 6. The van der Waals surface area contributed by atoms with E-state index in [1.807, 2.05) is 11.0 Å². The van der Waals surface area contributed by atoms with E-state index in [1.165, 1.54) is 28.8 Å². The van der Waals surface area contributed by atoms with E-state index in [9.17, 15) is 23.9 Å². The van der Waals surface area contributed by atoms with E-state index in [4.69, 9.17) is 9.84 Å². The largest absolute Gasteiger partial charge is 0.444 e. The van der Waals surface area contributed by atoms with Gasteiger partial charge in [0.05, 0.1) is 41.5 Å². The molecule has 0 unspecified atom stereocenters. The summed E-state index contributed by atoms with van der Waals surface area (Å²) in [5, 5.41) is 18.2. The third kappa shape index (κ3) is 7.47. The highest BCUT2D eigenvalue weighted by Gasteiger charge is 2.33. The van der Waals surface area contributed by atoms with Gasteiger partial charge >= 0.3 is 6.09 Å². The number of aryl methyl sites for hydroxylation is 1. The number of nitrogens with one attached hydrogen (secondary N) is 1. The number of nitrogens with zero attached hydrogens (tertiary/aromatic N) is 5. The van der Waals surface area contributed by atoms with E-state index in [0.717, 1.165) is 47.2 Å². The molecule has 4 aromatic rings. The van der Waals surface area contributed by atoms with Crippen molar-refractivity contribution in [1.82, 2.24) is 29.3 Å². The van der Waals surface area contributed by atoms with E-state index >= 15 is 0 Å². The number of hydrogen-bond donors (Lipinski definition) is 2. The van der Waals surface area contributed by atoms with Gasteiger partial charge in [-0.2, -0.15) is 5.10 Å². The normalized spacial score (nSPS) is 20.3. The number of aliphatic hydroxyl groups is 1. The first-order chi connectivity index (χ1) is 24.4. The van der Waals surface area contributed by atoms with Crippen LogP contribution in [0, 0.1) is 12.8 Å². The fourth-order valence-electron chi connectivity index (χ4n) is 7.83. The Bertz CT molecular complexity index is 1950. The van der Waals surface area contributed by atoms with Gasteiger partial charge in [-0.15, -0.1) is 0 Å². The highest BCUT2D eigenvalue weighted by atomic mass is 19.1. The molecule has 272 valence electrons. The number of ether oxygens (including phenoxy) is 1. The molecule has 2 aliphatic heterocycles. The van der Waals surface area contributed by atoms with E-state index < -0.39 is 23.9 Å². The first kappa shape index (κ1) is 35.0. The lowest BCUT2D eigenvalue weighted by Gasteiger charge is -2.35. The number of carbonyl (C=O) groups is 3. The Hall–Kier alpha value is -4.45. The van der Waals surface area contributed by atoms with E-state index in [2.05, 4.69) is 41.1 Å². The number of carbonyl (C=O) groups excluding carboxylic acids is 3. The molecular weight excluding hydrogens is 651 g/mol. The zero-order valence-corrected chi connectivity index (χ0v) is 30.0. The van der Waals surface area contributed by atoms with Crippen LogP contribution in [0.3, 0.4) is 0 Å². The molecule has 3 aromatic heterocycles. The summed E-state index contributed by atoms with van der Waals surface area (Å²) in [7, 11) is 0. The number of likely N-dealkylation sites (tertiary alicyclic amines) is 2. The molecule has 2 N–H and O–H groups in total. The van der Waals surface area contributed by atoms with Crippen molar-refractivity contribution < 1.29 is 28.6 Å². The fraction of sp³-hybridized carbons (Fsp3) is 0.538. The molecule has 51 heavy (non-hydrogen) atoms. The second-order valence-electron chi connectivity index (χ2n) is 15.6. The van der Waals surface area contributed by atoms with Gasteiger partial charge in [-0.3, -0.25) is 9.59 Å². The van der Waals surface area contributed by atoms with E-state index in [1.54, 1.807) is 37.5 Å². The summed E-state index contributed by atoms with van der Waals surface area (Å²) in [6, 6.07) is 11.9. The molecule has 0 radical (unpaired) electrons. The van der Waals surface area contributed by atoms with Crippen LogP contribution in [0.5, 0.6) is 0 Å². The van der Waals surface area contributed by atoms with Gasteiger partial charge in [-0.25, -0.2) is 13.7 Å². The molecular formula is C39H49FN6O5. The number of amides is 3. The predicted octanol–water partition coefficient (Wildman–Crippen LogP) is 5.84. The van der Waals surface area contributed by atoms with Gasteiger partial charge < -0.3 is 29.5 Å². The molecule has 3 aliphatic rings. The lowest BCUT2D eigenvalue weighted by atomic mass is 9.88. The zero-order valence-electron chi connectivity index (χ0n) is 30.0. The van der Waals surface area contributed by atoms with Crippen LogP contribution in [-0.4, -0.2) is 97.6 Å². The molecule has 11 nitrogen and oxygen atoms in total. The summed E-state index contributed by atoms with van der Waals surface area (Å²) in [6.45, 7) is 9.65. The summed E-state index contributed by atoms with van der Waals surface area (Å²) >= 11 is 0. The van der Waals surface area contributed by atoms with Crippen molar-refractivity contribution >= 4 is 34.3 Å². The van der Waals surface area contributed by atoms with Crippen molar-refractivity contribution in [3.63, 3.8) is 0 Å². The Kier molecular flexibility index (Phi) is 9.56. The summed E-state index contributed by atoms with van der Waals surface area (Å²) < 4.78 is 24.4. The van der Waals surface area contributed by atoms with Gasteiger partial charge in [-0.1, -0.05) is 18.2 Å². The number of halogens is 1. The van der Waals surface area contributed by atoms with Crippen molar-refractivity contribution in [1.29, 1.82) is 0 Å². The van der Waals surface area contributed by atoms with Crippen LogP contribution < -0.4 is 5.32 Å². The molecule has 2 atom stereocenters. The van der Waals surface area contributed by atoms with Gasteiger partial charge in [0.15, 0.2) is 0 Å². The van der Waals surface area contributed by atoms with Crippen molar-refractivity contribution in [2.75, 3.05) is 32.8 Å². The average Bonchev–Trinajstić information content (AvgIpc) is 3.75. The maximum Gasteiger partial charge on any atom is 0.407 e. The molecule has 3 fully saturated rings. The van der Waals surface area contributed by atoms with Crippen LogP contribution in [0.2, 0.25) is 0 Å². The first-order valence-corrected chi connectivity index (χ1v) is 18.3. The molecule has 0 spiro atoms. The van der Waals surface area contributed by atoms with E-state index in [0.29, 0.717) is 30.5 Å². The highest BCUT2D eigenvalue weighted by molar-refractivity contribution is 5.95. The molecule has 5 heterocycles. The lowest BCUT2D eigenvalue weighted by Crippen LogP contribution is -2.54. The smallest absolute Gasteiger partial charge is 0.407 e. The lowest BCUT2D eigenvalue weighted by molar-refractivity contribution is -0.132. The molecule has 12 heteroatoms. The zero-order chi connectivity index (χ0) is 36.0. The third-order valence-electron chi connectivity index (χ3n) is 10.5. The number of alkyl carbamates (subject to hydrolysis) is 1. The Labute approximate surface area is 297 Å². The molecule has 3 amide bonds. The molecule has 1 aromatic carbocycles. The van der Waals surface area contributed by atoms with Gasteiger partial charge in [0, 0.05) is 56.2 Å². The average molecular weight is 701 g/mol. The summed E-state index contributed by atoms with van der Waals surface area (Å²) in [5.41, 5.74) is 6.03. The fourth-order valence-corrected chi connectivity index (χ4v) is 7.83. The van der Waals surface area contributed by atoms with Crippen molar-refractivity contribution in [2.24, 2.45) is 5.92 Å². The van der Waals surface area contributed by atoms with Gasteiger partial charge in [0.1, 0.15) is 17.5 Å².